The summed E-state index contributed by atoms with van der Waals surface area (Å²) in [6.45, 7) is 1.63. The molecule has 0 aliphatic carbocycles. The number of carbonyl (C=O) groups is 1. The summed E-state index contributed by atoms with van der Waals surface area (Å²) < 4.78 is 30.8. The molecule has 0 spiro atoms. The molecular formula is C13H16N2O4S. The van der Waals surface area contributed by atoms with Crippen LogP contribution in [-0.2, 0) is 19.6 Å². The van der Waals surface area contributed by atoms with E-state index in [1.807, 2.05) is 0 Å². The summed E-state index contributed by atoms with van der Waals surface area (Å²) in [5, 5.41) is 0. The van der Waals surface area contributed by atoms with Crippen LogP contribution in [0.25, 0.3) is 0 Å². The molecule has 0 heterocycles. The molecule has 0 fully saturated rings. The lowest BCUT2D eigenvalue weighted by molar-refractivity contribution is -0.141. The van der Waals surface area contributed by atoms with Crippen molar-refractivity contribution in [2.75, 3.05) is 19.7 Å². The van der Waals surface area contributed by atoms with Crippen LogP contribution in [0.15, 0.2) is 29.2 Å². The third-order valence-electron chi connectivity index (χ3n) is 2.19. The standard InChI is InChI=1S/C13H16N2O4S/c1-2-19-13(16)10-15-20(17,18)12-7-3-5-11(9-12)6-4-8-14/h3,5,7,9,15H,2,8,10,14H2,1H3. The van der Waals surface area contributed by atoms with Gasteiger partial charge in [0.15, 0.2) is 0 Å². The van der Waals surface area contributed by atoms with Gasteiger partial charge in [0.1, 0.15) is 6.54 Å². The van der Waals surface area contributed by atoms with Crippen LogP contribution < -0.4 is 10.5 Å². The normalized spacial score (nSPS) is 10.5. The molecule has 3 N–H and O–H groups in total. The molecule has 7 heteroatoms. The van der Waals surface area contributed by atoms with Crippen LogP contribution in [0.2, 0.25) is 0 Å². The minimum atomic E-state index is -3.77. The van der Waals surface area contributed by atoms with Crippen LogP contribution in [0, 0.1) is 11.8 Å². The number of ether oxygens (including phenoxy) is 1. The minimum absolute atomic E-state index is 0.0330. The molecule has 0 bridgehead atoms. The maximum atomic E-state index is 12.0. The molecule has 1 rings (SSSR count). The van der Waals surface area contributed by atoms with Crippen LogP contribution in [0.4, 0.5) is 0 Å². The summed E-state index contributed by atoms with van der Waals surface area (Å²) in [5.41, 5.74) is 5.79. The Kier molecular flexibility index (Phi) is 6.18. The fourth-order valence-corrected chi connectivity index (χ4v) is 2.36. The summed E-state index contributed by atoms with van der Waals surface area (Å²) in [6, 6.07) is 6.07. The molecule has 0 amide bonds. The van der Waals surface area contributed by atoms with E-state index in [-0.39, 0.29) is 18.0 Å². The van der Waals surface area contributed by atoms with Crippen molar-refractivity contribution in [2.45, 2.75) is 11.8 Å². The largest absolute Gasteiger partial charge is 0.465 e. The first-order valence-electron chi connectivity index (χ1n) is 5.94. The number of esters is 1. The second kappa shape index (κ2) is 7.65. The van der Waals surface area contributed by atoms with Gasteiger partial charge in [-0.2, -0.15) is 4.72 Å². The maximum absolute atomic E-state index is 12.0. The van der Waals surface area contributed by atoms with E-state index < -0.39 is 22.5 Å². The van der Waals surface area contributed by atoms with Crippen molar-refractivity contribution in [2.24, 2.45) is 5.73 Å². The first-order valence-corrected chi connectivity index (χ1v) is 7.42. The van der Waals surface area contributed by atoms with Gasteiger partial charge in [-0.25, -0.2) is 8.42 Å². The maximum Gasteiger partial charge on any atom is 0.321 e. The molecular weight excluding hydrogens is 280 g/mol. The zero-order valence-corrected chi connectivity index (χ0v) is 11.9. The zero-order valence-electron chi connectivity index (χ0n) is 11.0. The Morgan fingerprint density at radius 3 is 2.85 bits per heavy atom. The first-order chi connectivity index (χ1) is 9.49. The van der Waals surface area contributed by atoms with Gasteiger partial charge in [-0.1, -0.05) is 17.9 Å². The van der Waals surface area contributed by atoms with Crippen molar-refractivity contribution in [3.63, 3.8) is 0 Å². The van der Waals surface area contributed by atoms with E-state index >= 15 is 0 Å². The molecule has 0 saturated carbocycles. The quantitative estimate of drug-likeness (QED) is 0.581. The van der Waals surface area contributed by atoms with Crippen molar-refractivity contribution in [1.29, 1.82) is 0 Å². The van der Waals surface area contributed by atoms with Crippen molar-refractivity contribution in [1.82, 2.24) is 4.72 Å². The Bertz CT molecular complexity index is 629. The van der Waals surface area contributed by atoms with Gasteiger partial charge in [0.05, 0.1) is 18.0 Å². The molecule has 6 nitrogen and oxygen atoms in total. The number of nitrogens with two attached hydrogens (primary N) is 1. The van der Waals surface area contributed by atoms with Crippen molar-refractivity contribution in [3.05, 3.63) is 29.8 Å². The van der Waals surface area contributed by atoms with E-state index in [1.54, 1.807) is 19.1 Å². The predicted molar refractivity (Wildman–Crippen MR) is 74.2 cm³/mol. The van der Waals surface area contributed by atoms with E-state index in [2.05, 4.69) is 21.3 Å². The van der Waals surface area contributed by atoms with Gasteiger partial charge in [0, 0.05) is 5.56 Å². The van der Waals surface area contributed by atoms with E-state index in [1.165, 1.54) is 12.1 Å². The Labute approximate surface area is 118 Å². The fourth-order valence-electron chi connectivity index (χ4n) is 1.34. The van der Waals surface area contributed by atoms with Crippen LogP contribution in [0.3, 0.4) is 0 Å². The van der Waals surface area contributed by atoms with Crippen LogP contribution >= 0.6 is 0 Å². The highest BCUT2D eigenvalue weighted by molar-refractivity contribution is 7.89. The van der Waals surface area contributed by atoms with Crippen LogP contribution in [-0.4, -0.2) is 34.1 Å². The zero-order chi connectivity index (χ0) is 15.0. The van der Waals surface area contributed by atoms with Gasteiger partial charge in [-0.3, -0.25) is 4.79 Å². The monoisotopic (exact) mass is 296 g/mol. The lowest BCUT2D eigenvalue weighted by atomic mass is 10.2. The summed E-state index contributed by atoms with van der Waals surface area (Å²) in [6.07, 6.45) is 0. The van der Waals surface area contributed by atoms with E-state index in [9.17, 15) is 13.2 Å². The fraction of sp³-hybridized carbons (Fsp3) is 0.308. The Morgan fingerprint density at radius 1 is 1.45 bits per heavy atom. The van der Waals surface area contributed by atoms with Gasteiger partial charge >= 0.3 is 5.97 Å². The average Bonchev–Trinajstić information content (AvgIpc) is 2.44. The molecule has 20 heavy (non-hydrogen) atoms. The Morgan fingerprint density at radius 2 is 2.20 bits per heavy atom. The van der Waals surface area contributed by atoms with E-state index in [4.69, 9.17) is 5.73 Å². The number of benzene rings is 1. The number of hydrogen-bond acceptors (Lipinski definition) is 5. The number of nitrogens with one attached hydrogen (secondary N) is 1. The highest BCUT2D eigenvalue weighted by Crippen LogP contribution is 2.10. The predicted octanol–water partition coefficient (Wildman–Crippen LogP) is -0.162. The van der Waals surface area contributed by atoms with E-state index in [0.29, 0.717) is 5.56 Å². The molecule has 0 atom stereocenters. The summed E-state index contributed by atoms with van der Waals surface area (Å²) in [4.78, 5) is 11.2. The molecule has 0 radical (unpaired) electrons. The minimum Gasteiger partial charge on any atom is -0.465 e. The number of rotatable bonds is 5. The van der Waals surface area contributed by atoms with Crippen molar-refractivity contribution in [3.8, 4) is 11.8 Å². The summed E-state index contributed by atoms with van der Waals surface area (Å²) in [5.74, 6) is 4.75. The Hall–Kier alpha value is -1.88. The SMILES string of the molecule is CCOC(=O)CNS(=O)(=O)c1cccc(C#CCN)c1. The highest BCUT2D eigenvalue weighted by Gasteiger charge is 2.15. The second-order valence-electron chi connectivity index (χ2n) is 3.66. The van der Waals surface area contributed by atoms with Crippen LogP contribution in [0.5, 0.6) is 0 Å². The molecule has 0 saturated heterocycles. The smallest absolute Gasteiger partial charge is 0.321 e. The van der Waals surface area contributed by atoms with Crippen molar-refractivity contribution < 1.29 is 17.9 Å². The number of hydrogen-bond donors (Lipinski definition) is 2. The van der Waals surface area contributed by atoms with Crippen molar-refractivity contribution >= 4 is 16.0 Å². The third kappa shape index (κ3) is 5.01. The molecule has 0 aromatic heterocycles. The third-order valence-corrected chi connectivity index (χ3v) is 3.59. The molecule has 0 aliphatic rings. The average molecular weight is 296 g/mol. The first kappa shape index (κ1) is 16.2. The summed E-state index contributed by atoms with van der Waals surface area (Å²) in [7, 11) is -3.77. The molecule has 0 unspecified atom stereocenters. The number of carbonyl (C=O) groups excluding carboxylic acids is 1. The molecule has 0 aliphatic heterocycles. The summed E-state index contributed by atoms with van der Waals surface area (Å²) >= 11 is 0. The lowest BCUT2D eigenvalue weighted by Crippen LogP contribution is -2.30. The highest BCUT2D eigenvalue weighted by atomic mass is 32.2. The Balaban J connectivity index is 2.84. The lowest BCUT2D eigenvalue weighted by Gasteiger charge is -2.06. The van der Waals surface area contributed by atoms with Gasteiger partial charge in [-0.15, -0.1) is 0 Å². The molecule has 1 aromatic carbocycles. The topological polar surface area (TPSA) is 98.5 Å². The van der Waals surface area contributed by atoms with E-state index in [0.717, 1.165) is 0 Å². The van der Waals surface area contributed by atoms with Gasteiger partial charge in [0.25, 0.3) is 0 Å². The van der Waals surface area contributed by atoms with Gasteiger partial charge < -0.3 is 10.5 Å². The molecule has 108 valence electrons. The van der Waals surface area contributed by atoms with Crippen LogP contribution in [0.1, 0.15) is 12.5 Å². The van der Waals surface area contributed by atoms with Gasteiger partial charge in [0.2, 0.25) is 10.0 Å². The second-order valence-corrected chi connectivity index (χ2v) is 5.43. The molecule has 1 aromatic rings. The number of sulfonamides is 1. The van der Waals surface area contributed by atoms with Gasteiger partial charge in [-0.05, 0) is 25.1 Å².